The van der Waals surface area contributed by atoms with E-state index in [0.717, 1.165) is 25.0 Å². The van der Waals surface area contributed by atoms with E-state index < -0.39 is 6.03 Å². The fourth-order valence-electron chi connectivity index (χ4n) is 1.36. The van der Waals surface area contributed by atoms with Crippen molar-refractivity contribution in [3.63, 3.8) is 0 Å². The Labute approximate surface area is 83.0 Å². The van der Waals surface area contributed by atoms with Gasteiger partial charge in [0.25, 0.3) is 0 Å². The van der Waals surface area contributed by atoms with Gasteiger partial charge in [0, 0.05) is 12.6 Å². The number of hydrazone groups is 1. The largest absolute Gasteiger partial charge is 0.501 e. The van der Waals surface area contributed by atoms with E-state index in [2.05, 4.69) is 10.5 Å². The van der Waals surface area contributed by atoms with Gasteiger partial charge >= 0.3 is 6.03 Å². The Morgan fingerprint density at radius 2 is 2.64 bits per heavy atom. The number of rotatable bonds is 3. The number of nitrogens with zero attached hydrogens (tertiary/aromatic N) is 1. The molecule has 0 heterocycles. The van der Waals surface area contributed by atoms with Gasteiger partial charge in [0.05, 0.1) is 12.9 Å². The molecule has 0 saturated carbocycles. The molecule has 1 aliphatic rings. The highest BCUT2D eigenvalue weighted by Gasteiger charge is 2.12. The van der Waals surface area contributed by atoms with Gasteiger partial charge in [0.15, 0.2) is 0 Å². The molecule has 78 valence electrons. The van der Waals surface area contributed by atoms with Crippen LogP contribution in [0.2, 0.25) is 0 Å². The predicted octanol–water partition coefficient (Wildman–Crippen LogP) is 0.971. The van der Waals surface area contributed by atoms with Crippen molar-refractivity contribution in [3.05, 3.63) is 11.8 Å². The molecule has 2 amide bonds. The van der Waals surface area contributed by atoms with Gasteiger partial charge in [-0.05, 0) is 24.8 Å². The summed E-state index contributed by atoms with van der Waals surface area (Å²) in [7, 11) is 1.68. The molecule has 0 spiro atoms. The number of hydrogen-bond acceptors (Lipinski definition) is 3. The highest BCUT2D eigenvalue weighted by atomic mass is 16.5. The lowest BCUT2D eigenvalue weighted by atomic mass is 9.94. The molecule has 14 heavy (non-hydrogen) atoms. The molecule has 5 nitrogen and oxygen atoms in total. The first-order valence-corrected chi connectivity index (χ1v) is 4.54. The van der Waals surface area contributed by atoms with E-state index in [0.29, 0.717) is 5.92 Å². The minimum absolute atomic E-state index is 0.362. The Morgan fingerprint density at radius 3 is 3.14 bits per heavy atom. The predicted molar refractivity (Wildman–Crippen MR) is 53.6 cm³/mol. The second kappa shape index (κ2) is 5.26. The number of hydrogen-bond donors (Lipinski definition) is 2. The lowest BCUT2D eigenvalue weighted by Gasteiger charge is -2.17. The first-order chi connectivity index (χ1) is 6.72. The smallest absolute Gasteiger partial charge is 0.332 e. The van der Waals surface area contributed by atoms with Gasteiger partial charge in [0.1, 0.15) is 0 Å². The van der Waals surface area contributed by atoms with Crippen molar-refractivity contribution in [3.8, 4) is 0 Å². The van der Waals surface area contributed by atoms with Gasteiger partial charge in [-0.25, -0.2) is 10.2 Å². The highest BCUT2D eigenvalue weighted by molar-refractivity contribution is 5.73. The van der Waals surface area contributed by atoms with E-state index in [9.17, 15) is 4.79 Å². The highest BCUT2D eigenvalue weighted by Crippen LogP contribution is 2.22. The molecule has 0 radical (unpaired) electrons. The van der Waals surface area contributed by atoms with E-state index >= 15 is 0 Å². The lowest BCUT2D eigenvalue weighted by Crippen LogP contribution is -2.25. The molecule has 3 N–H and O–H groups in total. The quantitative estimate of drug-likeness (QED) is 0.522. The molecule has 0 aromatic heterocycles. The zero-order valence-electron chi connectivity index (χ0n) is 8.19. The van der Waals surface area contributed by atoms with Crippen LogP contribution in [0.25, 0.3) is 0 Å². The fourth-order valence-corrected chi connectivity index (χ4v) is 1.36. The number of ether oxygens (including phenoxy) is 1. The van der Waals surface area contributed by atoms with Crippen LogP contribution in [-0.4, -0.2) is 19.4 Å². The molecular weight excluding hydrogens is 182 g/mol. The van der Waals surface area contributed by atoms with Crippen LogP contribution in [0, 0.1) is 5.92 Å². The molecule has 0 fully saturated rings. The summed E-state index contributed by atoms with van der Waals surface area (Å²) in [5.74, 6) is 1.39. The minimum Gasteiger partial charge on any atom is -0.501 e. The van der Waals surface area contributed by atoms with Crippen molar-refractivity contribution in [2.75, 3.05) is 7.11 Å². The molecule has 1 aliphatic carbocycles. The number of primary amides is 1. The van der Waals surface area contributed by atoms with Gasteiger partial charge in [-0.15, -0.1) is 0 Å². The standard InChI is InChI=1S/C9H15N3O2/c1-14-8-4-2-7(3-5-8)6-11-12-9(10)13/h4,6-7H,2-3,5H2,1H3,(H3,10,12,13)/b11-6+. The third kappa shape index (κ3) is 3.47. The summed E-state index contributed by atoms with van der Waals surface area (Å²) in [5, 5.41) is 3.73. The van der Waals surface area contributed by atoms with Crippen molar-refractivity contribution in [1.82, 2.24) is 5.43 Å². The Balaban J connectivity index is 2.32. The number of urea groups is 1. The number of methoxy groups -OCH3 is 1. The molecule has 0 aliphatic heterocycles. The van der Waals surface area contributed by atoms with E-state index in [1.807, 2.05) is 6.08 Å². The molecule has 1 atom stereocenters. The number of allylic oxidation sites excluding steroid dienone is 2. The second-order valence-corrected chi connectivity index (χ2v) is 3.16. The van der Waals surface area contributed by atoms with Crippen molar-refractivity contribution in [1.29, 1.82) is 0 Å². The van der Waals surface area contributed by atoms with Crippen LogP contribution < -0.4 is 11.2 Å². The number of carbonyl (C=O) groups is 1. The van der Waals surface area contributed by atoms with Crippen molar-refractivity contribution < 1.29 is 9.53 Å². The summed E-state index contributed by atoms with van der Waals surface area (Å²) in [6.07, 6.45) is 6.57. The van der Waals surface area contributed by atoms with Crippen LogP contribution in [0.3, 0.4) is 0 Å². The average molecular weight is 197 g/mol. The maximum atomic E-state index is 10.3. The van der Waals surface area contributed by atoms with Gasteiger partial charge in [-0.3, -0.25) is 0 Å². The Hall–Kier alpha value is -1.52. The molecule has 0 aromatic carbocycles. The molecule has 1 rings (SSSR count). The van der Waals surface area contributed by atoms with E-state index in [1.54, 1.807) is 13.3 Å². The average Bonchev–Trinajstić information content (AvgIpc) is 2.18. The number of nitrogens with one attached hydrogen (secondary N) is 1. The van der Waals surface area contributed by atoms with E-state index in [1.165, 1.54) is 0 Å². The third-order valence-electron chi connectivity index (χ3n) is 2.13. The summed E-state index contributed by atoms with van der Waals surface area (Å²) in [6.45, 7) is 0. The van der Waals surface area contributed by atoms with Gasteiger partial charge < -0.3 is 10.5 Å². The second-order valence-electron chi connectivity index (χ2n) is 3.16. The Bertz CT molecular complexity index is 261. The minimum atomic E-state index is -0.634. The van der Waals surface area contributed by atoms with Crippen molar-refractivity contribution in [2.45, 2.75) is 19.3 Å². The summed E-state index contributed by atoms with van der Waals surface area (Å²) < 4.78 is 5.11. The topological polar surface area (TPSA) is 76.7 Å². The molecule has 0 bridgehead atoms. The van der Waals surface area contributed by atoms with Crippen LogP contribution in [0.5, 0.6) is 0 Å². The van der Waals surface area contributed by atoms with Crippen LogP contribution >= 0.6 is 0 Å². The normalized spacial score (nSPS) is 21.8. The zero-order chi connectivity index (χ0) is 10.4. The summed E-state index contributed by atoms with van der Waals surface area (Å²) in [6, 6.07) is -0.634. The first-order valence-electron chi connectivity index (χ1n) is 4.54. The van der Waals surface area contributed by atoms with Gasteiger partial charge in [-0.2, -0.15) is 5.10 Å². The first kappa shape index (κ1) is 10.6. The summed E-state index contributed by atoms with van der Waals surface area (Å²) >= 11 is 0. The van der Waals surface area contributed by atoms with Gasteiger partial charge in [0.2, 0.25) is 0 Å². The van der Waals surface area contributed by atoms with Crippen molar-refractivity contribution >= 4 is 12.2 Å². The van der Waals surface area contributed by atoms with E-state index in [-0.39, 0.29) is 0 Å². The number of amides is 2. The van der Waals surface area contributed by atoms with Crippen molar-refractivity contribution in [2.24, 2.45) is 16.8 Å². The molecule has 1 unspecified atom stereocenters. The van der Waals surface area contributed by atoms with Crippen LogP contribution in [0.4, 0.5) is 4.79 Å². The monoisotopic (exact) mass is 197 g/mol. The van der Waals surface area contributed by atoms with Crippen LogP contribution in [0.1, 0.15) is 19.3 Å². The number of nitrogens with two attached hydrogens (primary N) is 1. The fraction of sp³-hybridized carbons (Fsp3) is 0.556. The maximum absolute atomic E-state index is 10.3. The summed E-state index contributed by atoms with van der Waals surface area (Å²) in [4.78, 5) is 10.3. The molecular formula is C9H15N3O2. The Kier molecular flexibility index (Phi) is 3.97. The summed E-state index contributed by atoms with van der Waals surface area (Å²) in [5.41, 5.74) is 7.03. The number of carbonyl (C=O) groups excluding carboxylic acids is 1. The van der Waals surface area contributed by atoms with E-state index in [4.69, 9.17) is 10.5 Å². The molecule has 0 saturated heterocycles. The van der Waals surface area contributed by atoms with Crippen LogP contribution in [-0.2, 0) is 4.74 Å². The zero-order valence-corrected chi connectivity index (χ0v) is 8.19. The van der Waals surface area contributed by atoms with Crippen LogP contribution in [0.15, 0.2) is 16.9 Å². The lowest BCUT2D eigenvalue weighted by molar-refractivity contribution is 0.249. The third-order valence-corrected chi connectivity index (χ3v) is 2.13. The Morgan fingerprint density at radius 1 is 1.86 bits per heavy atom. The van der Waals surface area contributed by atoms with Gasteiger partial charge in [-0.1, -0.05) is 0 Å². The SMILES string of the molecule is COC1=CCC(/C=N/NC(N)=O)CC1. The molecule has 5 heteroatoms. The maximum Gasteiger partial charge on any atom is 0.332 e. The molecule has 0 aromatic rings.